The summed E-state index contributed by atoms with van der Waals surface area (Å²) in [5, 5.41) is 10.2. The summed E-state index contributed by atoms with van der Waals surface area (Å²) in [5.74, 6) is 0. The zero-order chi connectivity index (χ0) is 11.0. The van der Waals surface area contributed by atoms with Gasteiger partial charge in [-0.05, 0) is 31.5 Å². The van der Waals surface area contributed by atoms with E-state index < -0.39 is 6.10 Å². The molecule has 1 aromatic heterocycles. The normalized spacial score (nSPS) is 15.5. The van der Waals surface area contributed by atoms with Gasteiger partial charge in [0.15, 0.2) is 0 Å². The molecule has 2 rings (SSSR count). The van der Waals surface area contributed by atoms with E-state index in [0.29, 0.717) is 0 Å². The largest absolute Gasteiger partial charge is 0.391 e. The topological polar surface area (TPSA) is 59.1 Å². The maximum absolute atomic E-state index is 9.40. The molecule has 2 aromatic rings. The Balaban J connectivity index is 2.47. The number of nitrogens with zero attached hydrogens (tertiary/aromatic N) is 1. The number of fused-ring (bicyclic) bond motifs is 1. The van der Waals surface area contributed by atoms with Crippen LogP contribution >= 0.6 is 11.3 Å². The van der Waals surface area contributed by atoms with E-state index in [2.05, 4.69) is 11.1 Å². The van der Waals surface area contributed by atoms with Crippen molar-refractivity contribution in [2.45, 2.75) is 26.0 Å². The number of aryl methyl sites for hydroxylation is 1. The van der Waals surface area contributed by atoms with E-state index in [0.717, 1.165) is 15.2 Å². The van der Waals surface area contributed by atoms with Crippen molar-refractivity contribution in [3.8, 4) is 0 Å². The van der Waals surface area contributed by atoms with Gasteiger partial charge in [0.2, 0.25) is 0 Å². The summed E-state index contributed by atoms with van der Waals surface area (Å²) >= 11 is 1.55. The number of aromatic nitrogens is 1. The number of thiazole rings is 1. The highest BCUT2D eigenvalue weighted by Crippen LogP contribution is 2.27. The minimum Gasteiger partial charge on any atom is -0.391 e. The van der Waals surface area contributed by atoms with Crippen molar-refractivity contribution < 1.29 is 5.11 Å². The van der Waals surface area contributed by atoms with E-state index in [9.17, 15) is 5.11 Å². The lowest BCUT2D eigenvalue weighted by molar-refractivity contribution is 0.164. The van der Waals surface area contributed by atoms with E-state index in [4.69, 9.17) is 5.73 Å². The van der Waals surface area contributed by atoms with E-state index in [-0.39, 0.29) is 6.04 Å². The Morgan fingerprint density at radius 3 is 2.87 bits per heavy atom. The molecule has 15 heavy (non-hydrogen) atoms. The predicted molar refractivity (Wildman–Crippen MR) is 63.0 cm³/mol. The van der Waals surface area contributed by atoms with Gasteiger partial charge in [-0.15, -0.1) is 11.3 Å². The fourth-order valence-electron chi connectivity index (χ4n) is 1.40. The first-order valence-electron chi connectivity index (χ1n) is 4.88. The van der Waals surface area contributed by atoms with Crippen LogP contribution in [-0.4, -0.2) is 16.2 Å². The Labute approximate surface area is 92.6 Å². The molecule has 80 valence electrons. The molecular formula is C11H14N2OS. The van der Waals surface area contributed by atoms with Crippen LogP contribution in [0.2, 0.25) is 0 Å². The van der Waals surface area contributed by atoms with Crippen LogP contribution in [0.4, 0.5) is 0 Å². The second-order valence-corrected chi connectivity index (χ2v) is 4.85. The van der Waals surface area contributed by atoms with Crippen molar-refractivity contribution in [3.63, 3.8) is 0 Å². The number of rotatable bonds is 2. The maximum Gasteiger partial charge on any atom is 0.113 e. The van der Waals surface area contributed by atoms with E-state index in [1.807, 2.05) is 19.1 Å². The predicted octanol–water partition coefficient (Wildman–Crippen LogP) is 1.99. The highest BCUT2D eigenvalue weighted by molar-refractivity contribution is 7.18. The van der Waals surface area contributed by atoms with Gasteiger partial charge < -0.3 is 10.8 Å². The van der Waals surface area contributed by atoms with Gasteiger partial charge in [-0.3, -0.25) is 0 Å². The lowest BCUT2D eigenvalue weighted by Gasteiger charge is -2.10. The van der Waals surface area contributed by atoms with Crippen LogP contribution in [-0.2, 0) is 0 Å². The van der Waals surface area contributed by atoms with Crippen molar-refractivity contribution in [2.75, 3.05) is 0 Å². The van der Waals surface area contributed by atoms with E-state index in [1.54, 1.807) is 18.3 Å². The molecule has 0 aliphatic carbocycles. The zero-order valence-corrected chi connectivity index (χ0v) is 9.58. The van der Waals surface area contributed by atoms with Gasteiger partial charge in [-0.2, -0.15) is 0 Å². The summed E-state index contributed by atoms with van der Waals surface area (Å²) < 4.78 is 1.13. The van der Waals surface area contributed by atoms with Crippen LogP contribution in [0.25, 0.3) is 10.2 Å². The molecule has 0 saturated carbocycles. The number of aliphatic hydroxyl groups excluding tert-OH is 1. The lowest BCUT2D eigenvalue weighted by Crippen LogP contribution is -2.22. The summed E-state index contributed by atoms with van der Waals surface area (Å²) in [4.78, 5) is 4.41. The van der Waals surface area contributed by atoms with Gasteiger partial charge in [0.05, 0.1) is 22.4 Å². The summed E-state index contributed by atoms with van der Waals surface area (Å²) in [6, 6.07) is 5.72. The average molecular weight is 222 g/mol. The third-order valence-electron chi connectivity index (χ3n) is 2.37. The summed E-state index contributed by atoms with van der Waals surface area (Å²) in [5.41, 5.74) is 8.00. The molecule has 3 N–H and O–H groups in total. The van der Waals surface area contributed by atoms with Crippen molar-refractivity contribution in [1.29, 1.82) is 0 Å². The van der Waals surface area contributed by atoms with Gasteiger partial charge in [0, 0.05) is 0 Å². The molecular weight excluding hydrogens is 208 g/mol. The van der Waals surface area contributed by atoms with Crippen LogP contribution in [0, 0.1) is 6.92 Å². The maximum atomic E-state index is 9.40. The Hall–Kier alpha value is -0.970. The van der Waals surface area contributed by atoms with E-state index in [1.165, 1.54) is 5.56 Å². The second-order valence-electron chi connectivity index (χ2n) is 3.79. The Bertz CT molecular complexity index is 478. The molecule has 0 aliphatic rings. The highest BCUT2D eigenvalue weighted by atomic mass is 32.1. The molecule has 1 aromatic carbocycles. The van der Waals surface area contributed by atoms with Crippen LogP contribution in [0.1, 0.15) is 23.5 Å². The summed E-state index contributed by atoms with van der Waals surface area (Å²) in [7, 11) is 0. The summed E-state index contributed by atoms with van der Waals surface area (Å²) in [6.07, 6.45) is -0.563. The molecule has 3 nitrogen and oxygen atoms in total. The molecule has 0 spiro atoms. The smallest absolute Gasteiger partial charge is 0.113 e. The van der Waals surface area contributed by atoms with Crippen molar-refractivity contribution in [1.82, 2.24) is 4.98 Å². The fraction of sp³-hybridized carbons (Fsp3) is 0.364. The molecule has 2 unspecified atom stereocenters. The van der Waals surface area contributed by atoms with E-state index >= 15 is 0 Å². The fourth-order valence-corrected chi connectivity index (χ4v) is 2.56. The molecule has 0 radical (unpaired) electrons. The number of nitrogens with two attached hydrogens (primary N) is 1. The Morgan fingerprint density at radius 1 is 1.47 bits per heavy atom. The number of hydrogen-bond donors (Lipinski definition) is 2. The third kappa shape index (κ3) is 2.02. The third-order valence-corrected chi connectivity index (χ3v) is 3.48. The molecule has 0 fully saturated rings. The first-order chi connectivity index (χ1) is 7.08. The Morgan fingerprint density at radius 2 is 2.20 bits per heavy atom. The van der Waals surface area contributed by atoms with Crippen LogP contribution in [0.15, 0.2) is 18.2 Å². The van der Waals surface area contributed by atoms with Gasteiger partial charge in [-0.1, -0.05) is 6.07 Å². The quantitative estimate of drug-likeness (QED) is 0.817. The second kappa shape index (κ2) is 3.89. The van der Waals surface area contributed by atoms with Gasteiger partial charge in [-0.25, -0.2) is 4.98 Å². The van der Waals surface area contributed by atoms with Gasteiger partial charge >= 0.3 is 0 Å². The van der Waals surface area contributed by atoms with Crippen molar-refractivity contribution >= 4 is 21.6 Å². The molecule has 4 heteroatoms. The van der Waals surface area contributed by atoms with Crippen LogP contribution < -0.4 is 5.73 Å². The minimum absolute atomic E-state index is 0.386. The van der Waals surface area contributed by atoms with Gasteiger partial charge in [0.25, 0.3) is 0 Å². The highest BCUT2D eigenvalue weighted by Gasteiger charge is 2.16. The monoisotopic (exact) mass is 222 g/mol. The van der Waals surface area contributed by atoms with Crippen LogP contribution in [0.3, 0.4) is 0 Å². The molecule has 0 bridgehead atoms. The molecule has 2 atom stereocenters. The van der Waals surface area contributed by atoms with Gasteiger partial charge in [0.1, 0.15) is 5.01 Å². The number of hydrogen-bond acceptors (Lipinski definition) is 4. The zero-order valence-electron chi connectivity index (χ0n) is 8.77. The SMILES string of the molecule is Cc1ccc2nc(C(N)C(C)O)sc2c1. The molecule has 0 aliphatic heterocycles. The van der Waals surface area contributed by atoms with Crippen molar-refractivity contribution in [2.24, 2.45) is 5.73 Å². The first-order valence-corrected chi connectivity index (χ1v) is 5.70. The number of aliphatic hydroxyl groups is 1. The molecule has 0 amide bonds. The molecule has 0 saturated heterocycles. The Kier molecular flexibility index (Phi) is 2.73. The minimum atomic E-state index is -0.563. The van der Waals surface area contributed by atoms with Crippen LogP contribution in [0.5, 0.6) is 0 Å². The number of benzene rings is 1. The first kappa shape index (κ1) is 10.5. The molecule has 1 heterocycles. The van der Waals surface area contributed by atoms with Crippen molar-refractivity contribution in [3.05, 3.63) is 28.8 Å². The average Bonchev–Trinajstić information content (AvgIpc) is 2.58. The summed E-state index contributed by atoms with van der Waals surface area (Å²) in [6.45, 7) is 3.73. The standard InChI is InChI=1S/C11H14N2OS/c1-6-3-4-8-9(5-6)15-11(13-8)10(12)7(2)14/h3-5,7,10,14H,12H2,1-2H3. The lowest BCUT2D eigenvalue weighted by atomic mass is 10.2.